The van der Waals surface area contributed by atoms with Gasteiger partial charge >= 0.3 is 0 Å². The molecule has 138 valence electrons. The number of nitrogens with zero attached hydrogens (tertiary/aromatic N) is 1. The van der Waals surface area contributed by atoms with Crippen molar-refractivity contribution in [3.63, 3.8) is 0 Å². The van der Waals surface area contributed by atoms with Crippen LogP contribution in [-0.2, 0) is 22.9 Å². The van der Waals surface area contributed by atoms with Gasteiger partial charge in [0.1, 0.15) is 0 Å². The molecule has 0 saturated heterocycles. The van der Waals surface area contributed by atoms with Crippen LogP contribution < -0.4 is 5.32 Å². The zero-order valence-electron chi connectivity index (χ0n) is 15.4. The molecule has 0 spiro atoms. The minimum atomic E-state index is -3.58. The van der Waals surface area contributed by atoms with Crippen LogP contribution in [-0.4, -0.2) is 32.7 Å². The first kappa shape index (κ1) is 18.6. The first-order chi connectivity index (χ1) is 12.3. The molecule has 0 saturated carbocycles. The maximum atomic E-state index is 12.9. The van der Waals surface area contributed by atoms with E-state index in [2.05, 4.69) is 11.4 Å². The third-order valence-electron chi connectivity index (χ3n) is 4.88. The highest BCUT2D eigenvalue weighted by molar-refractivity contribution is 7.89. The molecule has 1 amide bonds. The van der Waals surface area contributed by atoms with Crippen molar-refractivity contribution in [2.45, 2.75) is 37.5 Å². The molecule has 3 rings (SSSR count). The zero-order valence-corrected chi connectivity index (χ0v) is 16.2. The number of rotatable bonds is 4. The Bertz CT molecular complexity index is 950. The van der Waals surface area contributed by atoms with Crippen molar-refractivity contribution in [3.05, 3.63) is 58.7 Å². The fraction of sp³-hybridized carbons (Fsp3) is 0.350. The van der Waals surface area contributed by atoms with Gasteiger partial charge in [0, 0.05) is 25.3 Å². The highest BCUT2D eigenvalue weighted by atomic mass is 32.2. The number of carbonyl (C=O) groups excluding carboxylic acids is 1. The van der Waals surface area contributed by atoms with Crippen LogP contribution in [0, 0.1) is 6.92 Å². The second-order valence-electron chi connectivity index (χ2n) is 6.87. The molecule has 1 N–H and O–H groups in total. The Labute approximate surface area is 155 Å². The number of nitrogens with one attached hydrogen (secondary N) is 1. The molecule has 6 heteroatoms. The average molecular weight is 372 g/mol. The maximum Gasteiger partial charge on any atom is 0.255 e. The summed E-state index contributed by atoms with van der Waals surface area (Å²) in [5.41, 5.74) is 4.43. The van der Waals surface area contributed by atoms with Crippen molar-refractivity contribution in [1.82, 2.24) is 4.31 Å². The van der Waals surface area contributed by atoms with Gasteiger partial charge in [-0.25, -0.2) is 12.7 Å². The van der Waals surface area contributed by atoms with Crippen LogP contribution in [0.3, 0.4) is 0 Å². The second-order valence-corrected chi connectivity index (χ2v) is 9.02. The summed E-state index contributed by atoms with van der Waals surface area (Å²) in [6.45, 7) is 1.81. The topological polar surface area (TPSA) is 66.5 Å². The zero-order chi connectivity index (χ0) is 18.9. The van der Waals surface area contributed by atoms with Gasteiger partial charge in [-0.3, -0.25) is 4.79 Å². The van der Waals surface area contributed by atoms with Gasteiger partial charge < -0.3 is 5.32 Å². The lowest BCUT2D eigenvalue weighted by atomic mass is 9.90. The summed E-state index contributed by atoms with van der Waals surface area (Å²) in [5, 5.41) is 2.99. The summed E-state index contributed by atoms with van der Waals surface area (Å²) in [5.74, 6) is -0.280. The van der Waals surface area contributed by atoms with Crippen molar-refractivity contribution in [3.8, 4) is 0 Å². The SMILES string of the molecule is Cc1ccc(S(=O)(=O)N(C)C)cc1C(=O)Nc1cccc2c1CCCC2. The van der Waals surface area contributed by atoms with E-state index in [-0.39, 0.29) is 10.8 Å². The minimum Gasteiger partial charge on any atom is -0.322 e. The molecular formula is C20H24N2O3S. The third-order valence-corrected chi connectivity index (χ3v) is 6.69. The molecule has 1 aliphatic rings. The van der Waals surface area contributed by atoms with Crippen molar-refractivity contribution in [1.29, 1.82) is 0 Å². The Kier molecular flexibility index (Phi) is 5.16. The fourth-order valence-electron chi connectivity index (χ4n) is 3.31. The maximum absolute atomic E-state index is 12.9. The van der Waals surface area contributed by atoms with Crippen LogP contribution in [0.15, 0.2) is 41.3 Å². The number of fused-ring (bicyclic) bond motifs is 1. The van der Waals surface area contributed by atoms with Gasteiger partial charge in [0.05, 0.1) is 4.90 Å². The molecule has 26 heavy (non-hydrogen) atoms. The summed E-state index contributed by atoms with van der Waals surface area (Å²) in [6, 6.07) is 10.6. The summed E-state index contributed by atoms with van der Waals surface area (Å²) in [6.07, 6.45) is 4.29. The molecule has 1 aliphatic carbocycles. The van der Waals surface area contributed by atoms with Gasteiger partial charge in [0.25, 0.3) is 5.91 Å². The average Bonchev–Trinajstić information content (AvgIpc) is 2.62. The number of hydrogen-bond donors (Lipinski definition) is 1. The van der Waals surface area contributed by atoms with Crippen molar-refractivity contribution in [2.75, 3.05) is 19.4 Å². The summed E-state index contributed by atoms with van der Waals surface area (Å²) >= 11 is 0. The molecule has 2 aromatic carbocycles. The normalized spacial score (nSPS) is 14.2. The van der Waals surface area contributed by atoms with Crippen LogP contribution in [0.5, 0.6) is 0 Å². The van der Waals surface area contributed by atoms with Gasteiger partial charge in [0.15, 0.2) is 0 Å². The van der Waals surface area contributed by atoms with E-state index in [9.17, 15) is 13.2 Å². The van der Waals surface area contributed by atoms with E-state index in [4.69, 9.17) is 0 Å². The minimum absolute atomic E-state index is 0.119. The van der Waals surface area contributed by atoms with E-state index in [1.54, 1.807) is 13.0 Å². The Morgan fingerprint density at radius 1 is 1.08 bits per heavy atom. The molecule has 0 unspecified atom stereocenters. The molecule has 0 aromatic heterocycles. The monoisotopic (exact) mass is 372 g/mol. The predicted octanol–water partition coefficient (Wildman–Crippen LogP) is 3.38. The van der Waals surface area contributed by atoms with E-state index in [0.717, 1.165) is 34.8 Å². The van der Waals surface area contributed by atoms with Crippen LogP contribution in [0.2, 0.25) is 0 Å². The van der Waals surface area contributed by atoms with Crippen molar-refractivity contribution >= 4 is 21.6 Å². The Balaban J connectivity index is 1.94. The Morgan fingerprint density at radius 3 is 2.54 bits per heavy atom. The van der Waals surface area contributed by atoms with Crippen LogP contribution >= 0.6 is 0 Å². The molecule has 0 fully saturated rings. The highest BCUT2D eigenvalue weighted by Crippen LogP contribution is 2.28. The summed E-state index contributed by atoms with van der Waals surface area (Å²) < 4.78 is 25.9. The first-order valence-corrected chi connectivity index (χ1v) is 10.2. The van der Waals surface area contributed by atoms with Gasteiger partial charge in [-0.05, 0) is 67.5 Å². The van der Waals surface area contributed by atoms with Gasteiger partial charge in [0.2, 0.25) is 10.0 Å². The number of anilines is 1. The van der Waals surface area contributed by atoms with Crippen LogP contribution in [0.4, 0.5) is 5.69 Å². The van der Waals surface area contributed by atoms with E-state index < -0.39 is 10.0 Å². The molecule has 0 aliphatic heterocycles. The van der Waals surface area contributed by atoms with E-state index in [1.165, 1.54) is 43.8 Å². The van der Waals surface area contributed by atoms with Gasteiger partial charge in [-0.1, -0.05) is 18.2 Å². The number of benzene rings is 2. The van der Waals surface area contributed by atoms with Crippen LogP contribution in [0.1, 0.15) is 39.9 Å². The molecule has 0 radical (unpaired) electrons. The van der Waals surface area contributed by atoms with Gasteiger partial charge in [-0.15, -0.1) is 0 Å². The predicted molar refractivity (Wildman–Crippen MR) is 103 cm³/mol. The number of amides is 1. The lowest BCUT2D eigenvalue weighted by Crippen LogP contribution is -2.23. The number of hydrogen-bond acceptors (Lipinski definition) is 3. The number of sulfonamides is 1. The molecule has 0 atom stereocenters. The molecule has 0 bridgehead atoms. The lowest BCUT2D eigenvalue weighted by molar-refractivity contribution is 0.102. The summed E-state index contributed by atoms with van der Waals surface area (Å²) in [7, 11) is -0.629. The number of aryl methyl sites for hydroxylation is 2. The molecule has 2 aromatic rings. The van der Waals surface area contributed by atoms with Crippen LogP contribution in [0.25, 0.3) is 0 Å². The molecule has 5 nitrogen and oxygen atoms in total. The van der Waals surface area contributed by atoms with E-state index in [1.807, 2.05) is 12.1 Å². The molecule has 0 heterocycles. The Morgan fingerprint density at radius 2 is 1.81 bits per heavy atom. The third kappa shape index (κ3) is 3.52. The standard InChI is InChI=1S/C20H24N2O3S/c1-14-11-12-16(26(24,25)22(2)3)13-18(14)20(23)21-19-10-6-8-15-7-4-5-9-17(15)19/h6,8,10-13H,4-5,7,9H2,1-3H3,(H,21,23). The second kappa shape index (κ2) is 7.21. The quantitative estimate of drug-likeness (QED) is 0.895. The number of carbonyl (C=O) groups is 1. The smallest absolute Gasteiger partial charge is 0.255 e. The van der Waals surface area contributed by atoms with Crippen molar-refractivity contribution < 1.29 is 13.2 Å². The fourth-order valence-corrected chi connectivity index (χ4v) is 4.23. The highest BCUT2D eigenvalue weighted by Gasteiger charge is 2.21. The lowest BCUT2D eigenvalue weighted by Gasteiger charge is -2.20. The Hall–Kier alpha value is -2.18. The van der Waals surface area contributed by atoms with Crippen molar-refractivity contribution in [2.24, 2.45) is 0 Å². The largest absolute Gasteiger partial charge is 0.322 e. The van der Waals surface area contributed by atoms with Gasteiger partial charge in [-0.2, -0.15) is 0 Å². The summed E-state index contributed by atoms with van der Waals surface area (Å²) in [4.78, 5) is 13.0. The molecular weight excluding hydrogens is 348 g/mol. The van der Waals surface area contributed by atoms with E-state index >= 15 is 0 Å². The van der Waals surface area contributed by atoms with E-state index in [0.29, 0.717) is 5.56 Å². The first-order valence-electron chi connectivity index (χ1n) is 8.76.